The van der Waals surface area contributed by atoms with Crippen molar-refractivity contribution in [3.05, 3.63) is 28.8 Å². The van der Waals surface area contributed by atoms with Crippen molar-refractivity contribution >= 4 is 23.6 Å². The zero-order chi connectivity index (χ0) is 15.1. The molecular formula is C17H26ClNO. The second kappa shape index (κ2) is 8.31. The fourth-order valence-corrected chi connectivity index (χ4v) is 2.24. The molecule has 0 aliphatic carbocycles. The van der Waals surface area contributed by atoms with Crippen molar-refractivity contribution in [1.82, 2.24) is 0 Å². The van der Waals surface area contributed by atoms with E-state index in [4.69, 9.17) is 11.6 Å². The minimum atomic E-state index is 0.649. The lowest BCUT2D eigenvalue weighted by Crippen LogP contribution is -2.28. The first-order valence-corrected chi connectivity index (χ1v) is 7.81. The molecule has 0 saturated heterocycles. The van der Waals surface area contributed by atoms with Gasteiger partial charge in [-0.15, -0.1) is 0 Å². The Bertz CT molecular complexity index is 417. The molecule has 0 aromatic heterocycles. The van der Waals surface area contributed by atoms with Gasteiger partial charge in [-0.25, -0.2) is 0 Å². The third kappa shape index (κ3) is 5.54. The summed E-state index contributed by atoms with van der Waals surface area (Å²) < 4.78 is 0. The SMILES string of the molecule is CC(C)CCN(CCC(C)C)c1cc(Cl)ccc1C=O. The quantitative estimate of drug-likeness (QED) is 0.625. The summed E-state index contributed by atoms with van der Waals surface area (Å²) in [6.07, 6.45) is 3.15. The lowest BCUT2D eigenvalue weighted by Gasteiger charge is -2.28. The van der Waals surface area contributed by atoms with Gasteiger partial charge in [0, 0.05) is 29.4 Å². The molecule has 0 amide bonds. The number of carbonyl (C=O) groups is 1. The van der Waals surface area contributed by atoms with Crippen molar-refractivity contribution in [3.8, 4) is 0 Å². The van der Waals surface area contributed by atoms with E-state index in [1.807, 2.05) is 12.1 Å². The van der Waals surface area contributed by atoms with Crippen molar-refractivity contribution in [2.75, 3.05) is 18.0 Å². The predicted molar refractivity (Wildman–Crippen MR) is 88.0 cm³/mol. The van der Waals surface area contributed by atoms with Crippen molar-refractivity contribution in [3.63, 3.8) is 0 Å². The second-order valence-electron chi connectivity index (χ2n) is 6.17. The number of anilines is 1. The van der Waals surface area contributed by atoms with Crippen LogP contribution in [-0.4, -0.2) is 19.4 Å². The van der Waals surface area contributed by atoms with Gasteiger partial charge in [0.25, 0.3) is 0 Å². The summed E-state index contributed by atoms with van der Waals surface area (Å²) in [7, 11) is 0. The molecule has 0 aliphatic rings. The molecule has 0 radical (unpaired) electrons. The number of rotatable bonds is 8. The van der Waals surface area contributed by atoms with Crippen LogP contribution in [0, 0.1) is 11.8 Å². The zero-order valence-electron chi connectivity index (χ0n) is 13.0. The summed E-state index contributed by atoms with van der Waals surface area (Å²) in [5.41, 5.74) is 1.69. The first-order valence-electron chi connectivity index (χ1n) is 7.43. The number of hydrogen-bond acceptors (Lipinski definition) is 2. The van der Waals surface area contributed by atoms with E-state index in [0.29, 0.717) is 16.9 Å². The van der Waals surface area contributed by atoms with Crippen molar-refractivity contribution in [2.24, 2.45) is 11.8 Å². The van der Waals surface area contributed by atoms with Gasteiger partial charge in [-0.3, -0.25) is 4.79 Å². The zero-order valence-corrected chi connectivity index (χ0v) is 13.8. The monoisotopic (exact) mass is 295 g/mol. The normalized spacial score (nSPS) is 11.2. The van der Waals surface area contributed by atoms with Gasteiger partial charge in [0.1, 0.15) is 0 Å². The summed E-state index contributed by atoms with van der Waals surface area (Å²) in [4.78, 5) is 13.6. The third-order valence-corrected chi connectivity index (χ3v) is 3.65. The van der Waals surface area contributed by atoms with Gasteiger partial charge in [-0.05, 0) is 42.9 Å². The van der Waals surface area contributed by atoms with Crippen LogP contribution in [0.1, 0.15) is 50.9 Å². The average molecular weight is 296 g/mol. The molecule has 1 rings (SSSR count). The lowest BCUT2D eigenvalue weighted by molar-refractivity contribution is 0.112. The van der Waals surface area contributed by atoms with Crippen LogP contribution in [-0.2, 0) is 0 Å². The molecule has 1 aromatic carbocycles. The van der Waals surface area contributed by atoms with E-state index in [1.165, 1.54) is 0 Å². The van der Waals surface area contributed by atoms with Gasteiger partial charge in [-0.1, -0.05) is 39.3 Å². The van der Waals surface area contributed by atoms with Crippen LogP contribution >= 0.6 is 11.6 Å². The number of benzene rings is 1. The molecule has 20 heavy (non-hydrogen) atoms. The number of aldehydes is 1. The molecule has 0 heterocycles. The minimum Gasteiger partial charge on any atom is -0.371 e. The molecule has 2 nitrogen and oxygen atoms in total. The Balaban J connectivity index is 2.95. The molecule has 0 unspecified atom stereocenters. The van der Waals surface area contributed by atoms with Crippen molar-refractivity contribution in [2.45, 2.75) is 40.5 Å². The average Bonchev–Trinajstić information content (AvgIpc) is 2.38. The molecule has 1 aromatic rings. The Labute approximate surface area is 128 Å². The maximum absolute atomic E-state index is 11.2. The number of hydrogen-bond donors (Lipinski definition) is 0. The van der Waals surface area contributed by atoms with E-state index in [0.717, 1.165) is 43.5 Å². The molecule has 3 heteroatoms. The Kier molecular flexibility index (Phi) is 7.08. The minimum absolute atomic E-state index is 0.649. The summed E-state index contributed by atoms with van der Waals surface area (Å²) in [6, 6.07) is 5.49. The van der Waals surface area contributed by atoms with Gasteiger partial charge < -0.3 is 4.90 Å². The number of halogens is 1. The second-order valence-corrected chi connectivity index (χ2v) is 6.61. The highest BCUT2D eigenvalue weighted by molar-refractivity contribution is 6.31. The highest BCUT2D eigenvalue weighted by Gasteiger charge is 2.13. The molecule has 0 aliphatic heterocycles. The van der Waals surface area contributed by atoms with Crippen molar-refractivity contribution < 1.29 is 4.79 Å². The summed E-state index contributed by atoms with van der Waals surface area (Å²) in [5, 5.41) is 0.685. The highest BCUT2D eigenvalue weighted by atomic mass is 35.5. The smallest absolute Gasteiger partial charge is 0.152 e. The molecule has 0 fully saturated rings. The van der Waals surface area contributed by atoms with Gasteiger partial charge in [-0.2, -0.15) is 0 Å². The first-order chi connectivity index (χ1) is 9.43. The van der Waals surface area contributed by atoms with E-state index in [2.05, 4.69) is 32.6 Å². The number of nitrogens with zero attached hydrogens (tertiary/aromatic N) is 1. The van der Waals surface area contributed by atoms with E-state index >= 15 is 0 Å². The molecule has 0 spiro atoms. The van der Waals surface area contributed by atoms with Crippen molar-refractivity contribution in [1.29, 1.82) is 0 Å². The third-order valence-electron chi connectivity index (χ3n) is 3.41. The lowest BCUT2D eigenvalue weighted by atomic mass is 10.1. The van der Waals surface area contributed by atoms with Crippen LogP contribution < -0.4 is 4.90 Å². The first kappa shape index (κ1) is 17.0. The van der Waals surface area contributed by atoms with Gasteiger partial charge in [0.2, 0.25) is 0 Å². The standard InChI is InChI=1S/C17H26ClNO/c1-13(2)7-9-19(10-8-14(3)4)17-11-16(18)6-5-15(17)12-20/h5-6,11-14H,7-10H2,1-4H3. The molecule has 112 valence electrons. The maximum atomic E-state index is 11.2. The Morgan fingerprint density at radius 1 is 1.10 bits per heavy atom. The van der Waals surface area contributed by atoms with Gasteiger partial charge >= 0.3 is 0 Å². The number of carbonyl (C=O) groups excluding carboxylic acids is 1. The highest BCUT2D eigenvalue weighted by Crippen LogP contribution is 2.25. The van der Waals surface area contributed by atoms with Gasteiger partial charge in [0.05, 0.1) is 0 Å². The van der Waals surface area contributed by atoms with E-state index < -0.39 is 0 Å². The summed E-state index contributed by atoms with van der Waals surface area (Å²) >= 11 is 6.10. The Morgan fingerprint density at radius 3 is 2.10 bits per heavy atom. The molecule has 0 N–H and O–H groups in total. The van der Waals surface area contributed by atoms with E-state index in [1.54, 1.807) is 6.07 Å². The maximum Gasteiger partial charge on any atom is 0.152 e. The molecule has 0 bridgehead atoms. The summed E-state index contributed by atoms with van der Waals surface area (Å²) in [5.74, 6) is 1.30. The van der Waals surface area contributed by atoms with Crippen LogP contribution in [0.3, 0.4) is 0 Å². The van der Waals surface area contributed by atoms with E-state index in [-0.39, 0.29) is 0 Å². The van der Waals surface area contributed by atoms with Crippen LogP contribution in [0.15, 0.2) is 18.2 Å². The van der Waals surface area contributed by atoms with E-state index in [9.17, 15) is 4.79 Å². The predicted octanol–water partition coefficient (Wildman–Crippen LogP) is 5.05. The Hall–Kier alpha value is -1.02. The fourth-order valence-electron chi connectivity index (χ4n) is 2.07. The van der Waals surface area contributed by atoms with Crippen LogP contribution in [0.5, 0.6) is 0 Å². The fraction of sp³-hybridized carbons (Fsp3) is 0.588. The molecule has 0 atom stereocenters. The van der Waals surface area contributed by atoms with Crippen LogP contribution in [0.4, 0.5) is 5.69 Å². The topological polar surface area (TPSA) is 20.3 Å². The van der Waals surface area contributed by atoms with Crippen LogP contribution in [0.25, 0.3) is 0 Å². The van der Waals surface area contributed by atoms with Crippen LogP contribution in [0.2, 0.25) is 5.02 Å². The summed E-state index contributed by atoms with van der Waals surface area (Å²) in [6.45, 7) is 10.8. The molecular weight excluding hydrogens is 270 g/mol. The largest absolute Gasteiger partial charge is 0.371 e. The molecule has 0 saturated carbocycles. The van der Waals surface area contributed by atoms with Gasteiger partial charge in [0.15, 0.2) is 6.29 Å². The Morgan fingerprint density at radius 2 is 1.65 bits per heavy atom.